The maximum absolute atomic E-state index is 11.8. The standard InChI is InChI=1S/C12H16BrNO3/c1-3-7-17-12(16)10(4-2)14-8-9(13)5-6-11(14)15/h5-6,8,10H,3-4,7H2,1-2H3. The van der Waals surface area contributed by atoms with Gasteiger partial charge in [0.15, 0.2) is 0 Å². The second-order valence-corrected chi connectivity index (χ2v) is 4.60. The van der Waals surface area contributed by atoms with Gasteiger partial charge in [0.05, 0.1) is 6.61 Å². The minimum Gasteiger partial charge on any atom is -0.464 e. The molecule has 94 valence electrons. The van der Waals surface area contributed by atoms with Crippen molar-refractivity contribution in [1.29, 1.82) is 0 Å². The molecule has 1 aromatic heterocycles. The van der Waals surface area contributed by atoms with E-state index in [1.165, 1.54) is 10.6 Å². The molecule has 0 radical (unpaired) electrons. The maximum Gasteiger partial charge on any atom is 0.329 e. The Balaban J connectivity index is 2.97. The SMILES string of the molecule is CCCOC(=O)C(CC)n1cc(Br)ccc1=O. The van der Waals surface area contributed by atoms with Crippen molar-refractivity contribution in [3.05, 3.63) is 33.2 Å². The Labute approximate surface area is 109 Å². The van der Waals surface area contributed by atoms with Crippen LogP contribution in [0.1, 0.15) is 32.7 Å². The van der Waals surface area contributed by atoms with Crippen molar-refractivity contribution in [2.24, 2.45) is 0 Å². The van der Waals surface area contributed by atoms with Crippen LogP contribution < -0.4 is 5.56 Å². The highest BCUT2D eigenvalue weighted by atomic mass is 79.9. The number of aromatic nitrogens is 1. The Kier molecular flexibility index (Phi) is 5.41. The van der Waals surface area contributed by atoms with Crippen LogP contribution in [0.5, 0.6) is 0 Å². The largest absolute Gasteiger partial charge is 0.464 e. The molecule has 0 fully saturated rings. The van der Waals surface area contributed by atoms with Crippen LogP contribution in [0.2, 0.25) is 0 Å². The Hall–Kier alpha value is -1.10. The monoisotopic (exact) mass is 301 g/mol. The van der Waals surface area contributed by atoms with E-state index in [9.17, 15) is 9.59 Å². The molecule has 0 aliphatic carbocycles. The first-order valence-corrected chi connectivity index (χ1v) is 6.43. The number of esters is 1. The average Bonchev–Trinajstić information content (AvgIpc) is 2.32. The molecule has 0 bridgehead atoms. The molecule has 1 rings (SSSR count). The summed E-state index contributed by atoms with van der Waals surface area (Å²) in [5.41, 5.74) is -0.200. The summed E-state index contributed by atoms with van der Waals surface area (Å²) >= 11 is 3.28. The van der Waals surface area contributed by atoms with Gasteiger partial charge in [0, 0.05) is 16.7 Å². The summed E-state index contributed by atoms with van der Waals surface area (Å²) in [6, 6.07) is 2.54. The summed E-state index contributed by atoms with van der Waals surface area (Å²) in [6.45, 7) is 4.17. The highest BCUT2D eigenvalue weighted by Gasteiger charge is 2.20. The second kappa shape index (κ2) is 6.59. The van der Waals surface area contributed by atoms with Gasteiger partial charge in [-0.25, -0.2) is 4.79 Å². The number of rotatable bonds is 5. The van der Waals surface area contributed by atoms with Gasteiger partial charge in [0.2, 0.25) is 0 Å². The number of pyridine rings is 1. The topological polar surface area (TPSA) is 48.3 Å². The Morgan fingerprint density at radius 1 is 1.47 bits per heavy atom. The number of carbonyl (C=O) groups is 1. The van der Waals surface area contributed by atoms with Crippen LogP contribution in [0.4, 0.5) is 0 Å². The van der Waals surface area contributed by atoms with Crippen LogP contribution in [0.3, 0.4) is 0 Å². The summed E-state index contributed by atoms with van der Waals surface area (Å²) in [5, 5.41) is 0. The second-order valence-electron chi connectivity index (χ2n) is 3.68. The van der Waals surface area contributed by atoms with Gasteiger partial charge < -0.3 is 9.30 Å². The summed E-state index contributed by atoms with van der Waals surface area (Å²) in [4.78, 5) is 23.5. The molecule has 5 heteroatoms. The van der Waals surface area contributed by atoms with E-state index < -0.39 is 6.04 Å². The van der Waals surface area contributed by atoms with Gasteiger partial charge in [-0.1, -0.05) is 13.8 Å². The molecular weight excluding hydrogens is 286 g/mol. The number of nitrogens with zero attached hydrogens (tertiary/aromatic N) is 1. The molecule has 4 nitrogen and oxygen atoms in total. The zero-order chi connectivity index (χ0) is 12.8. The maximum atomic E-state index is 11.8. The van der Waals surface area contributed by atoms with E-state index in [0.29, 0.717) is 13.0 Å². The molecule has 0 saturated carbocycles. The molecule has 1 heterocycles. The van der Waals surface area contributed by atoms with Crippen LogP contribution in [0, 0.1) is 0 Å². The first kappa shape index (κ1) is 14.0. The van der Waals surface area contributed by atoms with Crippen LogP contribution in [-0.4, -0.2) is 17.1 Å². The average molecular weight is 302 g/mol. The molecule has 0 N–H and O–H groups in total. The predicted octanol–water partition coefficient (Wildman–Crippen LogP) is 2.52. The fourth-order valence-corrected chi connectivity index (χ4v) is 1.85. The quantitative estimate of drug-likeness (QED) is 0.785. The summed E-state index contributed by atoms with van der Waals surface area (Å²) in [7, 11) is 0. The van der Waals surface area contributed by atoms with Gasteiger partial charge >= 0.3 is 5.97 Å². The molecule has 0 amide bonds. The van der Waals surface area contributed by atoms with E-state index in [2.05, 4.69) is 15.9 Å². The van der Waals surface area contributed by atoms with Gasteiger partial charge in [-0.2, -0.15) is 0 Å². The van der Waals surface area contributed by atoms with Gasteiger partial charge in [-0.15, -0.1) is 0 Å². The molecule has 0 aromatic carbocycles. The van der Waals surface area contributed by atoms with Crippen molar-refractivity contribution >= 4 is 21.9 Å². The van der Waals surface area contributed by atoms with Crippen molar-refractivity contribution in [1.82, 2.24) is 4.57 Å². The fraction of sp³-hybridized carbons (Fsp3) is 0.500. The first-order chi connectivity index (χ1) is 8.10. The molecule has 1 aromatic rings. The number of ether oxygens (including phenoxy) is 1. The summed E-state index contributed by atoms with van der Waals surface area (Å²) in [6.07, 6.45) is 2.91. The Morgan fingerprint density at radius 2 is 2.18 bits per heavy atom. The molecular formula is C12H16BrNO3. The Bertz CT molecular complexity index is 442. The zero-order valence-electron chi connectivity index (χ0n) is 9.98. The van der Waals surface area contributed by atoms with E-state index in [-0.39, 0.29) is 11.5 Å². The smallest absolute Gasteiger partial charge is 0.329 e. The number of carbonyl (C=O) groups excluding carboxylic acids is 1. The van der Waals surface area contributed by atoms with Crippen LogP contribution >= 0.6 is 15.9 Å². The highest BCUT2D eigenvalue weighted by molar-refractivity contribution is 9.10. The lowest BCUT2D eigenvalue weighted by molar-refractivity contribution is -0.147. The van der Waals surface area contributed by atoms with Crippen molar-refractivity contribution in [3.63, 3.8) is 0 Å². The molecule has 0 aliphatic rings. The number of halogens is 1. The third kappa shape index (κ3) is 3.70. The molecule has 1 unspecified atom stereocenters. The zero-order valence-corrected chi connectivity index (χ0v) is 11.6. The van der Waals surface area contributed by atoms with Crippen molar-refractivity contribution < 1.29 is 9.53 Å². The molecule has 1 atom stereocenters. The molecule has 0 saturated heterocycles. The molecule has 0 aliphatic heterocycles. The van der Waals surface area contributed by atoms with Crippen molar-refractivity contribution in [2.75, 3.05) is 6.61 Å². The van der Waals surface area contributed by atoms with E-state index >= 15 is 0 Å². The van der Waals surface area contributed by atoms with Crippen LogP contribution in [-0.2, 0) is 9.53 Å². The lowest BCUT2D eigenvalue weighted by Gasteiger charge is -2.16. The van der Waals surface area contributed by atoms with Crippen molar-refractivity contribution in [3.8, 4) is 0 Å². The lowest BCUT2D eigenvalue weighted by Crippen LogP contribution is -2.30. The third-order valence-electron chi connectivity index (χ3n) is 2.35. The van der Waals surface area contributed by atoms with Gasteiger partial charge in [-0.05, 0) is 34.8 Å². The van der Waals surface area contributed by atoms with Crippen molar-refractivity contribution in [2.45, 2.75) is 32.7 Å². The normalized spacial score (nSPS) is 12.2. The molecule has 17 heavy (non-hydrogen) atoms. The highest BCUT2D eigenvalue weighted by Crippen LogP contribution is 2.14. The Morgan fingerprint density at radius 3 is 2.76 bits per heavy atom. The summed E-state index contributed by atoms with van der Waals surface area (Å²) in [5.74, 6) is -0.352. The fourth-order valence-electron chi connectivity index (χ4n) is 1.50. The van der Waals surface area contributed by atoms with Gasteiger partial charge in [0.25, 0.3) is 5.56 Å². The minimum absolute atomic E-state index is 0.200. The number of hydrogen-bond acceptors (Lipinski definition) is 3. The van der Waals surface area contributed by atoms with Crippen LogP contribution in [0.25, 0.3) is 0 Å². The lowest BCUT2D eigenvalue weighted by atomic mass is 10.2. The van der Waals surface area contributed by atoms with E-state index in [1.54, 1.807) is 12.3 Å². The third-order valence-corrected chi connectivity index (χ3v) is 2.81. The van der Waals surface area contributed by atoms with E-state index in [4.69, 9.17) is 4.74 Å². The number of hydrogen-bond donors (Lipinski definition) is 0. The van der Waals surface area contributed by atoms with Gasteiger partial charge in [-0.3, -0.25) is 4.79 Å². The van der Waals surface area contributed by atoms with Gasteiger partial charge in [0.1, 0.15) is 6.04 Å². The molecule has 0 spiro atoms. The van der Waals surface area contributed by atoms with E-state index in [0.717, 1.165) is 10.9 Å². The summed E-state index contributed by atoms with van der Waals surface area (Å²) < 4.78 is 7.25. The van der Waals surface area contributed by atoms with E-state index in [1.807, 2.05) is 13.8 Å². The first-order valence-electron chi connectivity index (χ1n) is 5.64. The minimum atomic E-state index is -0.549. The predicted molar refractivity (Wildman–Crippen MR) is 69.0 cm³/mol. The van der Waals surface area contributed by atoms with Crippen LogP contribution in [0.15, 0.2) is 27.6 Å².